The summed E-state index contributed by atoms with van der Waals surface area (Å²) in [5, 5.41) is 10.7. The van der Waals surface area contributed by atoms with Crippen molar-refractivity contribution in [2.24, 2.45) is 10.7 Å². The largest absolute Gasteiger partial charge is 0.493 e. The Morgan fingerprint density at radius 3 is 2.80 bits per heavy atom. The molecule has 2 aliphatic heterocycles. The first-order valence-electron chi connectivity index (χ1n) is 13.1. The fourth-order valence-corrected chi connectivity index (χ4v) is 4.75. The number of rotatable bonds is 10. The Balaban J connectivity index is 1.45. The summed E-state index contributed by atoms with van der Waals surface area (Å²) in [5.74, 6) is -1.15. The van der Waals surface area contributed by atoms with E-state index in [0.717, 1.165) is 45.2 Å². The van der Waals surface area contributed by atoms with Crippen LogP contribution in [0.15, 0.2) is 47.7 Å². The van der Waals surface area contributed by atoms with Crippen LogP contribution in [0.4, 0.5) is 25.8 Å². The lowest BCUT2D eigenvalue weighted by molar-refractivity contribution is -0.118. The van der Waals surface area contributed by atoms with Crippen molar-refractivity contribution >= 4 is 28.8 Å². The topological polar surface area (TPSA) is 122 Å². The molecule has 13 heteroatoms. The number of amidine groups is 1. The monoisotopic (exact) mass is 554 g/mol. The third-order valence-electron chi connectivity index (χ3n) is 6.71. The van der Waals surface area contributed by atoms with Crippen molar-refractivity contribution in [1.82, 2.24) is 20.0 Å². The number of piperazine rings is 1. The van der Waals surface area contributed by atoms with E-state index in [9.17, 15) is 13.6 Å². The van der Waals surface area contributed by atoms with E-state index in [4.69, 9.17) is 20.2 Å². The van der Waals surface area contributed by atoms with Crippen molar-refractivity contribution in [3.63, 3.8) is 0 Å². The summed E-state index contributed by atoms with van der Waals surface area (Å²) >= 11 is 0. The molecule has 1 amide bonds. The highest BCUT2D eigenvalue weighted by Crippen LogP contribution is 2.38. The van der Waals surface area contributed by atoms with E-state index in [-0.39, 0.29) is 18.9 Å². The van der Waals surface area contributed by atoms with Crippen molar-refractivity contribution in [2.45, 2.75) is 13.0 Å². The van der Waals surface area contributed by atoms with E-state index in [1.54, 1.807) is 19.4 Å². The first-order valence-corrected chi connectivity index (χ1v) is 13.1. The van der Waals surface area contributed by atoms with E-state index >= 15 is 0 Å². The van der Waals surface area contributed by atoms with Crippen LogP contribution in [0.3, 0.4) is 0 Å². The van der Waals surface area contributed by atoms with Crippen LogP contribution in [0.2, 0.25) is 0 Å². The molecule has 40 heavy (non-hydrogen) atoms. The second-order valence-electron chi connectivity index (χ2n) is 9.48. The highest BCUT2D eigenvalue weighted by Gasteiger charge is 2.29. The van der Waals surface area contributed by atoms with Gasteiger partial charge in [-0.1, -0.05) is 6.07 Å². The predicted octanol–water partition coefficient (Wildman–Crippen LogP) is 2.30. The molecule has 0 saturated carbocycles. The SMILES string of the molecule is COc1cc2c(cc1OCCCN1CCNCC1)NCN(c1cccc(F)c1F)C2=Nc1cnn(CC(N)=O)c1. The molecule has 3 heterocycles. The molecule has 1 aromatic heterocycles. The highest BCUT2D eigenvalue weighted by atomic mass is 19.2. The first-order chi connectivity index (χ1) is 19.4. The standard InChI is InChI=1S/C27H32F2N8O3/c1-39-23-12-19-21(13-24(23)40-11-3-8-35-9-6-31-7-10-35)32-17-37(22-5-2-4-20(28)26(22)29)27(19)34-18-14-33-36(15-18)16-25(30)38/h2,4-5,12-15,31-32H,3,6-11,16-17H2,1H3,(H2,30,38). The summed E-state index contributed by atoms with van der Waals surface area (Å²) in [4.78, 5) is 20.0. The van der Waals surface area contributed by atoms with Gasteiger partial charge in [-0.3, -0.25) is 9.48 Å². The Bertz CT molecular complexity index is 1390. The maximum Gasteiger partial charge on any atom is 0.239 e. The average molecular weight is 555 g/mol. The molecule has 0 spiro atoms. The molecule has 2 aromatic carbocycles. The number of primary amides is 1. The number of nitrogens with two attached hydrogens (primary N) is 1. The second kappa shape index (κ2) is 12.3. The number of fused-ring (bicyclic) bond motifs is 1. The smallest absolute Gasteiger partial charge is 0.239 e. The predicted molar refractivity (Wildman–Crippen MR) is 147 cm³/mol. The quantitative estimate of drug-likeness (QED) is 0.327. The van der Waals surface area contributed by atoms with Gasteiger partial charge in [-0.05, 0) is 24.6 Å². The van der Waals surface area contributed by atoms with Crippen LogP contribution in [0.25, 0.3) is 0 Å². The minimum atomic E-state index is -0.999. The number of nitrogens with one attached hydrogen (secondary N) is 2. The maximum atomic E-state index is 14.9. The zero-order chi connectivity index (χ0) is 28.1. The Morgan fingerprint density at radius 1 is 1.20 bits per heavy atom. The first kappa shape index (κ1) is 27.3. The molecule has 1 fully saturated rings. The molecule has 2 aliphatic rings. The van der Waals surface area contributed by atoms with Gasteiger partial charge in [0.1, 0.15) is 18.1 Å². The van der Waals surface area contributed by atoms with Gasteiger partial charge in [0, 0.05) is 44.4 Å². The van der Waals surface area contributed by atoms with Crippen LogP contribution in [-0.4, -0.2) is 79.5 Å². The van der Waals surface area contributed by atoms with Gasteiger partial charge >= 0.3 is 0 Å². The highest BCUT2D eigenvalue weighted by molar-refractivity contribution is 6.16. The van der Waals surface area contributed by atoms with Crippen molar-refractivity contribution in [3.8, 4) is 11.5 Å². The van der Waals surface area contributed by atoms with Crippen LogP contribution in [0.1, 0.15) is 12.0 Å². The number of anilines is 2. The lowest BCUT2D eigenvalue weighted by Crippen LogP contribution is -2.44. The molecule has 0 bridgehead atoms. The average Bonchev–Trinajstić information content (AvgIpc) is 3.39. The second-order valence-corrected chi connectivity index (χ2v) is 9.48. The van der Waals surface area contributed by atoms with E-state index < -0.39 is 17.5 Å². The van der Waals surface area contributed by atoms with Crippen LogP contribution >= 0.6 is 0 Å². The molecular weight excluding hydrogens is 522 g/mol. The van der Waals surface area contributed by atoms with Crippen LogP contribution < -0.4 is 30.7 Å². The van der Waals surface area contributed by atoms with Gasteiger partial charge in [0.15, 0.2) is 23.1 Å². The van der Waals surface area contributed by atoms with E-state index in [0.29, 0.717) is 40.9 Å². The molecule has 0 radical (unpaired) electrons. The summed E-state index contributed by atoms with van der Waals surface area (Å²) in [5.41, 5.74) is 6.96. The summed E-state index contributed by atoms with van der Waals surface area (Å²) in [7, 11) is 1.54. The summed E-state index contributed by atoms with van der Waals surface area (Å²) in [6, 6.07) is 7.55. The van der Waals surface area contributed by atoms with Crippen molar-refractivity contribution in [1.29, 1.82) is 0 Å². The van der Waals surface area contributed by atoms with E-state index in [1.807, 2.05) is 6.07 Å². The number of carbonyl (C=O) groups is 1. The fraction of sp³-hybridized carbons (Fsp3) is 0.370. The third-order valence-corrected chi connectivity index (χ3v) is 6.71. The Morgan fingerprint density at radius 2 is 2.02 bits per heavy atom. The number of nitrogens with zero attached hydrogens (tertiary/aromatic N) is 5. The van der Waals surface area contributed by atoms with Crippen molar-refractivity contribution < 1.29 is 23.0 Å². The van der Waals surface area contributed by atoms with Crippen LogP contribution in [0, 0.1) is 11.6 Å². The number of aliphatic imine (C=N–C) groups is 1. The zero-order valence-corrected chi connectivity index (χ0v) is 22.2. The van der Waals surface area contributed by atoms with Gasteiger partial charge in [-0.2, -0.15) is 5.10 Å². The van der Waals surface area contributed by atoms with Gasteiger partial charge in [0.05, 0.1) is 44.2 Å². The molecule has 3 aromatic rings. The Hall–Kier alpha value is -4.23. The molecular formula is C27H32F2N8O3. The zero-order valence-electron chi connectivity index (χ0n) is 22.2. The Kier molecular flexibility index (Phi) is 8.41. The summed E-state index contributed by atoms with van der Waals surface area (Å²) in [6.45, 7) is 5.50. The van der Waals surface area contributed by atoms with E-state index in [2.05, 4.69) is 20.6 Å². The number of methoxy groups -OCH3 is 1. The molecule has 11 nitrogen and oxygen atoms in total. The molecule has 1 saturated heterocycles. The number of amides is 1. The lowest BCUT2D eigenvalue weighted by atomic mass is 10.1. The normalized spacial score (nSPS) is 16.5. The fourth-order valence-electron chi connectivity index (χ4n) is 4.75. The van der Waals surface area contributed by atoms with Crippen molar-refractivity contribution in [2.75, 3.05) is 63.3 Å². The molecule has 5 rings (SSSR count). The van der Waals surface area contributed by atoms with Crippen molar-refractivity contribution in [3.05, 3.63) is 59.9 Å². The number of halogens is 2. The van der Waals surface area contributed by atoms with Crippen LogP contribution in [-0.2, 0) is 11.3 Å². The number of carbonyl (C=O) groups excluding carboxylic acids is 1. The number of ether oxygens (including phenoxy) is 2. The van der Waals surface area contributed by atoms with Gasteiger partial charge in [-0.15, -0.1) is 0 Å². The summed E-state index contributed by atoms with van der Waals surface area (Å²) < 4.78 is 42.2. The van der Waals surface area contributed by atoms with Crippen LogP contribution in [0.5, 0.6) is 11.5 Å². The molecule has 0 atom stereocenters. The van der Waals surface area contributed by atoms with Gasteiger partial charge < -0.3 is 35.6 Å². The number of hydrogen-bond donors (Lipinski definition) is 3. The van der Waals surface area contributed by atoms with Gasteiger partial charge in [0.2, 0.25) is 5.91 Å². The molecule has 0 aliphatic carbocycles. The number of hydrogen-bond acceptors (Lipinski definition) is 8. The maximum absolute atomic E-state index is 14.9. The van der Waals surface area contributed by atoms with Gasteiger partial charge in [-0.25, -0.2) is 13.8 Å². The third kappa shape index (κ3) is 6.15. The minimum Gasteiger partial charge on any atom is -0.493 e. The number of aromatic nitrogens is 2. The molecule has 212 valence electrons. The van der Waals surface area contributed by atoms with Gasteiger partial charge in [0.25, 0.3) is 0 Å². The number of benzene rings is 2. The molecule has 0 unspecified atom stereocenters. The minimum absolute atomic E-state index is 0.00799. The molecule has 4 N–H and O–H groups in total. The lowest BCUT2D eigenvalue weighted by Gasteiger charge is -2.33. The summed E-state index contributed by atoms with van der Waals surface area (Å²) in [6.07, 6.45) is 3.87. The Labute approximate surface area is 230 Å². The van der Waals surface area contributed by atoms with E-state index in [1.165, 1.54) is 27.9 Å².